The highest BCUT2D eigenvalue weighted by Crippen LogP contribution is 2.31. The van der Waals surface area contributed by atoms with E-state index in [1.54, 1.807) is 12.1 Å². The van der Waals surface area contributed by atoms with E-state index in [2.05, 4.69) is 16.5 Å². The third-order valence-electron chi connectivity index (χ3n) is 4.82. The second kappa shape index (κ2) is 7.52. The van der Waals surface area contributed by atoms with Gasteiger partial charge in [-0.15, -0.1) is 0 Å². The molecule has 1 aliphatic rings. The normalized spacial score (nSPS) is 16.3. The van der Waals surface area contributed by atoms with Gasteiger partial charge in [-0.1, -0.05) is 25.1 Å². The average Bonchev–Trinajstić information content (AvgIpc) is 2.62. The molecule has 1 saturated heterocycles. The van der Waals surface area contributed by atoms with Gasteiger partial charge in [0.25, 0.3) is 10.0 Å². The van der Waals surface area contributed by atoms with Gasteiger partial charge in [-0.05, 0) is 49.1 Å². The number of piperidine rings is 1. The zero-order valence-electron chi connectivity index (χ0n) is 15.4. The molecule has 3 rings (SSSR count). The van der Waals surface area contributed by atoms with Gasteiger partial charge >= 0.3 is 0 Å². The van der Waals surface area contributed by atoms with E-state index in [9.17, 15) is 16.8 Å². The van der Waals surface area contributed by atoms with Crippen molar-refractivity contribution in [3.05, 3.63) is 48.5 Å². The first-order chi connectivity index (χ1) is 12.7. The maximum Gasteiger partial charge on any atom is 0.262 e. The maximum atomic E-state index is 12.8. The Morgan fingerprint density at radius 2 is 1.56 bits per heavy atom. The molecule has 0 unspecified atom stereocenters. The Labute approximate surface area is 161 Å². The molecule has 0 atom stereocenters. The van der Waals surface area contributed by atoms with Crippen LogP contribution >= 0.6 is 0 Å². The molecule has 2 aromatic rings. The van der Waals surface area contributed by atoms with Gasteiger partial charge in [-0.2, -0.15) is 0 Å². The molecule has 146 valence electrons. The Morgan fingerprint density at radius 3 is 2.22 bits per heavy atom. The van der Waals surface area contributed by atoms with Crippen molar-refractivity contribution in [2.45, 2.75) is 29.6 Å². The summed E-state index contributed by atoms with van der Waals surface area (Å²) < 4.78 is 51.8. The molecule has 1 N–H and O–H groups in total. The molecule has 0 aliphatic carbocycles. The molecule has 8 heteroatoms. The first-order valence-electron chi connectivity index (χ1n) is 8.84. The molecule has 0 radical (unpaired) electrons. The second-order valence-corrected chi connectivity index (χ2v) is 10.7. The van der Waals surface area contributed by atoms with Gasteiger partial charge < -0.3 is 4.90 Å². The molecule has 27 heavy (non-hydrogen) atoms. The molecule has 6 nitrogen and oxygen atoms in total. The van der Waals surface area contributed by atoms with Crippen LogP contribution in [0.1, 0.15) is 19.8 Å². The van der Waals surface area contributed by atoms with E-state index >= 15 is 0 Å². The number of sulfonamides is 1. The van der Waals surface area contributed by atoms with Crippen LogP contribution in [0.3, 0.4) is 0 Å². The summed E-state index contributed by atoms with van der Waals surface area (Å²) >= 11 is 0. The van der Waals surface area contributed by atoms with Crippen molar-refractivity contribution >= 4 is 31.2 Å². The second-order valence-electron chi connectivity index (χ2n) is 7.04. The van der Waals surface area contributed by atoms with Crippen LogP contribution in [0.5, 0.6) is 0 Å². The molecular formula is C19H24N2O4S2. The lowest BCUT2D eigenvalue weighted by Crippen LogP contribution is -2.33. The van der Waals surface area contributed by atoms with E-state index in [0.717, 1.165) is 37.9 Å². The van der Waals surface area contributed by atoms with Gasteiger partial charge in [0.15, 0.2) is 9.84 Å². The number of hydrogen-bond acceptors (Lipinski definition) is 5. The quantitative estimate of drug-likeness (QED) is 0.822. The summed E-state index contributed by atoms with van der Waals surface area (Å²) in [5.41, 5.74) is 1.34. The SMILES string of the molecule is CC1CCN(c2ccccc2NS(=O)(=O)c2cccc(S(C)(=O)=O)c2)CC1. The summed E-state index contributed by atoms with van der Waals surface area (Å²) in [6.07, 6.45) is 3.19. The highest BCUT2D eigenvalue weighted by molar-refractivity contribution is 7.93. The Hall–Kier alpha value is -2.06. The fourth-order valence-corrected chi connectivity index (χ4v) is 5.02. The Balaban J connectivity index is 1.91. The minimum absolute atomic E-state index is 0.0244. The summed E-state index contributed by atoms with van der Waals surface area (Å²) in [7, 11) is -7.40. The molecule has 1 fully saturated rings. The van der Waals surface area contributed by atoms with Crippen LogP contribution in [0.25, 0.3) is 0 Å². The third-order valence-corrected chi connectivity index (χ3v) is 7.29. The first kappa shape index (κ1) is 19.7. The van der Waals surface area contributed by atoms with Crippen molar-refractivity contribution < 1.29 is 16.8 Å². The van der Waals surface area contributed by atoms with Crippen molar-refractivity contribution in [2.75, 3.05) is 29.0 Å². The number of benzene rings is 2. The Kier molecular flexibility index (Phi) is 5.48. The number of para-hydroxylation sites is 2. The lowest BCUT2D eigenvalue weighted by molar-refractivity contribution is 0.438. The monoisotopic (exact) mass is 408 g/mol. The van der Waals surface area contributed by atoms with Crippen LogP contribution in [0.15, 0.2) is 58.3 Å². The van der Waals surface area contributed by atoms with Crippen molar-refractivity contribution in [3.8, 4) is 0 Å². The molecule has 1 heterocycles. The highest BCUT2D eigenvalue weighted by atomic mass is 32.2. The number of nitrogens with one attached hydrogen (secondary N) is 1. The summed E-state index contributed by atoms with van der Waals surface area (Å²) in [5.74, 6) is 0.670. The van der Waals surface area contributed by atoms with Crippen LogP contribution in [-0.4, -0.2) is 36.2 Å². The summed E-state index contributed by atoms with van der Waals surface area (Å²) in [5, 5.41) is 0. The predicted octanol–water partition coefficient (Wildman–Crippen LogP) is 3.13. The number of nitrogens with zero attached hydrogens (tertiary/aromatic N) is 1. The van der Waals surface area contributed by atoms with Crippen LogP contribution in [0.2, 0.25) is 0 Å². The average molecular weight is 409 g/mol. The predicted molar refractivity (Wildman–Crippen MR) is 107 cm³/mol. The number of sulfone groups is 1. The van der Waals surface area contributed by atoms with E-state index in [1.165, 1.54) is 24.3 Å². The van der Waals surface area contributed by atoms with Gasteiger partial charge in [-0.3, -0.25) is 4.72 Å². The molecule has 1 aliphatic heterocycles. The lowest BCUT2D eigenvalue weighted by atomic mass is 9.98. The van der Waals surface area contributed by atoms with Crippen molar-refractivity contribution in [2.24, 2.45) is 5.92 Å². The summed E-state index contributed by atoms with van der Waals surface area (Å²) in [4.78, 5) is 2.08. The van der Waals surface area contributed by atoms with Crippen molar-refractivity contribution in [1.29, 1.82) is 0 Å². The molecule has 0 saturated carbocycles. The first-order valence-corrected chi connectivity index (χ1v) is 12.2. The van der Waals surface area contributed by atoms with Gasteiger partial charge in [0, 0.05) is 19.3 Å². The Morgan fingerprint density at radius 1 is 0.926 bits per heavy atom. The molecule has 0 amide bonds. The molecule has 0 aromatic heterocycles. The fraction of sp³-hybridized carbons (Fsp3) is 0.368. The highest BCUT2D eigenvalue weighted by Gasteiger charge is 2.22. The molecular weight excluding hydrogens is 384 g/mol. The number of hydrogen-bond donors (Lipinski definition) is 1. The van der Waals surface area contributed by atoms with Gasteiger partial charge in [0.1, 0.15) is 0 Å². The minimum atomic E-state index is -3.91. The van der Waals surface area contributed by atoms with Crippen LogP contribution in [0.4, 0.5) is 11.4 Å². The molecule has 0 bridgehead atoms. The van der Waals surface area contributed by atoms with E-state index < -0.39 is 19.9 Å². The molecule has 2 aromatic carbocycles. The third kappa shape index (κ3) is 4.62. The van der Waals surface area contributed by atoms with E-state index in [-0.39, 0.29) is 9.79 Å². The zero-order valence-corrected chi connectivity index (χ0v) is 17.1. The van der Waals surface area contributed by atoms with Gasteiger partial charge in [0.2, 0.25) is 0 Å². The van der Waals surface area contributed by atoms with Crippen LogP contribution in [0, 0.1) is 5.92 Å². The lowest BCUT2D eigenvalue weighted by Gasteiger charge is -2.33. The zero-order chi connectivity index (χ0) is 19.7. The summed E-state index contributed by atoms with van der Waals surface area (Å²) in [6.45, 7) is 3.98. The van der Waals surface area contributed by atoms with Crippen molar-refractivity contribution in [1.82, 2.24) is 0 Å². The maximum absolute atomic E-state index is 12.8. The van der Waals surface area contributed by atoms with Crippen molar-refractivity contribution in [3.63, 3.8) is 0 Å². The van der Waals surface area contributed by atoms with Gasteiger partial charge in [0.05, 0.1) is 21.2 Å². The largest absolute Gasteiger partial charge is 0.370 e. The van der Waals surface area contributed by atoms with Gasteiger partial charge in [-0.25, -0.2) is 16.8 Å². The molecule has 0 spiro atoms. The summed E-state index contributed by atoms with van der Waals surface area (Å²) in [6, 6.07) is 12.7. The fourth-order valence-electron chi connectivity index (χ4n) is 3.16. The van der Waals surface area contributed by atoms with E-state index in [1.807, 2.05) is 12.1 Å². The topological polar surface area (TPSA) is 83.6 Å². The minimum Gasteiger partial charge on any atom is -0.370 e. The van der Waals surface area contributed by atoms with E-state index in [0.29, 0.717) is 11.6 Å². The Bertz CT molecular complexity index is 1030. The van der Waals surface area contributed by atoms with E-state index in [4.69, 9.17) is 0 Å². The van der Waals surface area contributed by atoms with Crippen LogP contribution < -0.4 is 9.62 Å². The number of rotatable bonds is 5. The van der Waals surface area contributed by atoms with Crippen LogP contribution in [-0.2, 0) is 19.9 Å². The number of anilines is 2. The standard InChI is InChI=1S/C19H24N2O4S2/c1-15-10-12-21(13-11-15)19-9-4-3-8-18(19)20-27(24,25)17-7-5-6-16(14-17)26(2,22)23/h3-9,14-15,20H,10-13H2,1-2H3. The smallest absolute Gasteiger partial charge is 0.262 e.